The van der Waals surface area contributed by atoms with Crippen LogP contribution in [-0.2, 0) is 0 Å². The maximum atomic E-state index is 14.3. The molecule has 0 aliphatic carbocycles. The van der Waals surface area contributed by atoms with Gasteiger partial charge in [0.05, 0.1) is 11.6 Å². The van der Waals surface area contributed by atoms with Crippen LogP contribution < -0.4 is 10.2 Å². The van der Waals surface area contributed by atoms with Crippen LogP contribution >= 0.6 is 0 Å². The summed E-state index contributed by atoms with van der Waals surface area (Å²) in [6.45, 7) is 7.50. The molecule has 0 spiro atoms. The molecule has 1 saturated heterocycles. The molecule has 1 aliphatic rings. The van der Waals surface area contributed by atoms with E-state index in [9.17, 15) is 4.39 Å². The normalized spacial score (nSPS) is 14.8. The quantitative estimate of drug-likeness (QED) is 0.532. The second kappa shape index (κ2) is 8.31. The van der Waals surface area contributed by atoms with Crippen molar-refractivity contribution >= 4 is 28.2 Å². The summed E-state index contributed by atoms with van der Waals surface area (Å²) in [5.74, 6) is 0.289. The minimum Gasteiger partial charge on any atom is -0.369 e. The number of likely N-dealkylation sites (N-methyl/N-ethyl adjacent to an activating group) is 1. The number of piperazine rings is 1. The summed E-state index contributed by atoms with van der Waals surface area (Å²) in [5, 5.41) is 8.48. The summed E-state index contributed by atoms with van der Waals surface area (Å²) in [6, 6.07) is 14.9. The topological polar surface area (TPSA) is 62.1 Å². The van der Waals surface area contributed by atoms with Crippen molar-refractivity contribution in [2.75, 3.05) is 42.9 Å². The highest BCUT2D eigenvalue weighted by molar-refractivity contribution is 5.89. The van der Waals surface area contributed by atoms with Gasteiger partial charge in [-0.05, 0) is 36.9 Å². The van der Waals surface area contributed by atoms with E-state index in [2.05, 4.69) is 49.2 Å². The van der Waals surface area contributed by atoms with Crippen LogP contribution in [0.5, 0.6) is 0 Å². The van der Waals surface area contributed by atoms with E-state index in [1.54, 1.807) is 24.4 Å². The fraction of sp³-hybridized carbons (Fsp3) is 0.261. The Labute approximate surface area is 180 Å². The van der Waals surface area contributed by atoms with Crippen molar-refractivity contribution in [1.29, 1.82) is 0 Å². The molecule has 5 rings (SSSR count). The summed E-state index contributed by atoms with van der Waals surface area (Å²) in [4.78, 5) is 13.6. The van der Waals surface area contributed by atoms with Crippen molar-refractivity contribution in [1.82, 2.24) is 24.6 Å². The summed E-state index contributed by atoms with van der Waals surface area (Å²) >= 11 is 0. The second-order valence-corrected chi connectivity index (χ2v) is 7.56. The Kier molecular flexibility index (Phi) is 5.21. The Bertz CT molecular complexity index is 1200. The Balaban J connectivity index is 1.42. The average molecular weight is 417 g/mol. The smallest absolute Gasteiger partial charge is 0.168 e. The van der Waals surface area contributed by atoms with Crippen LogP contribution in [0.4, 0.5) is 21.6 Å². The highest BCUT2D eigenvalue weighted by Crippen LogP contribution is 2.27. The minimum atomic E-state index is -0.350. The van der Waals surface area contributed by atoms with Crippen LogP contribution in [0.15, 0.2) is 61.1 Å². The molecular formula is C23H24FN7. The van der Waals surface area contributed by atoms with E-state index in [4.69, 9.17) is 0 Å². The standard InChI is InChI=1S/C23H24FN7/c1-2-29-10-12-30(13-11-29)18-7-5-6-17(14-18)28-22-19-15-27-31(23(19)26-16-25-22)21-9-4-3-8-20(21)24/h3-9,14-16H,2,10-13H2,1H3,(H,25,26,28). The largest absolute Gasteiger partial charge is 0.369 e. The molecule has 1 N–H and O–H groups in total. The van der Waals surface area contributed by atoms with Gasteiger partial charge >= 0.3 is 0 Å². The molecule has 3 heterocycles. The van der Waals surface area contributed by atoms with E-state index in [-0.39, 0.29) is 5.82 Å². The molecule has 0 unspecified atom stereocenters. The summed E-state index contributed by atoms with van der Waals surface area (Å²) in [5.41, 5.74) is 3.03. The van der Waals surface area contributed by atoms with Crippen LogP contribution in [-0.4, -0.2) is 57.4 Å². The van der Waals surface area contributed by atoms with Gasteiger partial charge in [0.2, 0.25) is 0 Å². The van der Waals surface area contributed by atoms with Crippen molar-refractivity contribution in [3.8, 4) is 5.69 Å². The van der Waals surface area contributed by atoms with Crippen molar-refractivity contribution < 1.29 is 4.39 Å². The van der Waals surface area contributed by atoms with Gasteiger partial charge in [-0.1, -0.05) is 25.1 Å². The molecule has 2 aromatic carbocycles. The number of hydrogen-bond donors (Lipinski definition) is 1. The van der Waals surface area contributed by atoms with Gasteiger partial charge in [-0.15, -0.1) is 0 Å². The molecule has 1 aliphatic heterocycles. The molecule has 0 atom stereocenters. The molecule has 0 amide bonds. The van der Waals surface area contributed by atoms with E-state index in [0.29, 0.717) is 17.2 Å². The molecule has 0 bridgehead atoms. The van der Waals surface area contributed by atoms with Crippen molar-refractivity contribution in [3.05, 3.63) is 66.9 Å². The van der Waals surface area contributed by atoms with Crippen LogP contribution in [0.3, 0.4) is 0 Å². The molecular weight excluding hydrogens is 393 g/mol. The maximum Gasteiger partial charge on any atom is 0.168 e. The number of aromatic nitrogens is 4. The first-order chi connectivity index (χ1) is 15.2. The SMILES string of the molecule is CCN1CCN(c2cccc(Nc3ncnc4c3cnn4-c3ccccc3F)c2)CC1. The third-order valence-electron chi connectivity index (χ3n) is 5.74. The van der Waals surface area contributed by atoms with Crippen molar-refractivity contribution in [2.24, 2.45) is 0 Å². The molecule has 4 aromatic rings. The van der Waals surface area contributed by atoms with Crippen LogP contribution in [0.25, 0.3) is 16.7 Å². The first-order valence-corrected chi connectivity index (χ1v) is 10.5. The van der Waals surface area contributed by atoms with E-state index < -0.39 is 0 Å². The Morgan fingerprint density at radius 2 is 1.84 bits per heavy atom. The molecule has 8 heteroatoms. The molecule has 2 aromatic heterocycles. The van der Waals surface area contributed by atoms with Crippen molar-refractivity contribution in [3.63, 3.8) is 0 Å². The van der Waals surface area contributed by atoms with Gasteiger partial charge in [0.15, 0.2) is 5.65 Å². The highest BCUT2D eigenvalue weighted by atomic mass is 19.1. The number of fused-ring (bicyclic) bond motifs is 1. The fourth-order valence-corrected chi connectivity index (χ4v) is 3.98. The fourth-order valence-electron chi connectivity index (χ4n) is 3.98. The predicted molar refractivity (Wildman–Crippen MR) is 121 cm³/mol. The van der Waals surface area contributed by atoms with E-state index in [1.807, 2.05) is 12.1 Å². The number of para-hydroxylation sites is 1. The van der Waals surface area contributed by atoms with Gasteiger partial charge in [-0.2, -0.15) is 5.10 Å². The predicted octanol–water partition coefficient (Wildman–Crippen LogP) is 3.84. The molecule has 1 fully saturated rings. The van der Waals surface area contributed by atoms with Gasteiger partial charge in [-0.3, -0.25) is 0 Å². The lowest BCUT2D eigenvalue weighted by molar-refractivity contribution is 0.271. The van der Waals surface area contributed by atoms with Gasteiger partial charge in [0, 0.05) is 37.6 Å². The maximum absolute atomic E-state index is 14.3. The van der Waals surface area contributed by atoms with Gasteiger partial charge in [-0.25, -0.2) is 19.0 Å². The Morgan fingerprint density at radius 3 is 2.65 bits per heavy atom. The molecule has 31 heavy (non-hydrogen) atoms. The molecule has 0 saturated carbocycles. The third-order valence-corrected chi connectivity index (χ3v) is 5.74. The minimum absolute atomic E-state index is 0.350. The Hall–Kier alpha value is -3.52. The zero-order chi connectivity index (χ0) is 21.2. The van der Waals surface area contributed by atoms with Crippen LogP contribution in [0.2, 0.25) is 0 Å². The number of rotatable bonds is 5. The van der Waals surface area contributed by atoms with Gasteiger partial charge in [0.1, 0.15) is 23.6 Å². The van der Waals surface area contributed by atoms with Crippen LogP contribution in [0.1, 0.15) is 6.92 Å². The first kappa shape index (κ1) is 19.4. The average Bonchev–Trinajstić information content (AvgIpc) is 3.25. The zero-order valence-corrected chi connectivity index (χ0v) is 17.4. The summed E-state index contributed by atoms with van der Waals surface area (Å²) in [6.07, 6.45) is 3.13. The number of anilines is 3. The molecule has 0 radical (unpaired) electrons. The van der Waals surface area contributed by atoms with Gasteiger partial charge < -0.3 is 15.1 Å². The monoisotopic (exact) mass is 417 g/mol. The number of halogens is 1. The highest BCUT2D eigenvalue weighted by Gasteiger charge is 2.17. The second-order valence-electron chi connectivity index (χ2n) is 7.56. The molecule has 158 valence electrons. The zero-order valence-electron chi connectivity index (χ0n) is 17.4. The number of nitrogens with one attached hydrogen (secondary N) is 1. The van der Waals surface area contributed by atoms with Gasteiger partial charge in [0.25, 0.3) is 0 Å². The first-order valence-electron chi connectivity index (χ1n) is 10.5. The molecule has 7 nitrogen and oxygen atoms in total. The van der Waals surface area contributed by atoms with E-state index in [1.165, 1.54) is 22.8 Å². The van der Waals surface area contributed by atoms with E-state index in [0.717, 1.165) is 43.8 Å². The summed E-state index contributed by atoms with van der Waals surface area (Å²) in [7, 11) is 0. The number of hydrogen-bond acceptors (Lipinski definition) is 6. The number of benzene rings is 2. The summed E-state index contributed by atoms with van der Waals surface area (Å²) < 4.78 is 15.8. The lowest BCUT2D eigenvalue weighted by Gasteiger charge is -2.35. The third kappa shape index (κ3) is 3.82. The van der Waals surface area contributed by atoms with E-state index >= 15 is 0 Å². The van der Waals surface area contributed by atoms with Crippen LogP contribution in [0, 0.1) is 5.82 Å². The van der Waals surface area contributed by atoms with Crippen molar-refractivity contribution in [2.45, 2.75) is 6.92 Å². The lowest BCUT2D eigenvalue weighted by atomic mass is 10.2. The number of nitrogens with zero attached hydrogens (tertiary/aromatic N) is 6. The Morgan fingerprint density at radius 1 is 1.00 bits per heavy atom. The lowest BCUT2D eigenvalue weighted by Crippen LogP contribution is -2.46.